The third-order valence-corrected chi connectivity index (χ3v) is 4.77. The molecule has 0 aromatic carbocycles. The van der Waals surface area contributed by atoms with E-state index in [9.17, 15) is 9.59 Å². The van der Waals surface area contributed by atoms with Crippen LogP contribution in [0.4, 0.5) is 0 Å². The average molecular weight is 318 g/mol. The number of hydrogen-bond acceptors (Lipinski definition) is 5. The Labute approximate surface area is 135 Å². The molecule has 6 nitrogen and oxygen atoms in total. The van der Waals surface area contributed by atoms with E-state index in [1.54, 1.807) is 25.3 Å². The summed E-state index contributed by atoms with van der Waals surface area (Å²) >= 11 is 0. The van der Waals surface area contributed by atoms with Crippen LogP contribution in [0.2, 0.25) is 0 Å². The summed E-state index contributed by atoms with van der Waals surface area (Å²) in [4.78, 5) is 27.0. The smallest absolute Gasteiger partial charge is 0.335 e. The molecule has 2 aliphatic heterocycles. The van der Waals surface area contributed by atoms with Crippen molar-refractivity contribution in [3.05, 3.63) is 35.3 Å². The summed E-state index contributed by atoms with van der Waals surface area (Å²) in [7, 11) is 0. The fraction of sp³-hybridized carbons (Fsp3) is 0.529. The topological polar surface area (TPSA) is 71.8 Å². The molecule has 1 spiro atoms. The largest absolute Gasteiger partial charge is 0.467 e. The molecule has 0 radical (unpaired) electrons. The van der Waals surface area contributed by atoms with Gasteiger partial charge in [-0.15, -0.1) is 0 Å². The number of nitrogens with one attached hydrogen (secondary N) is 1. The lowest BCUT2D eigenvalue weighted by molar-refractivity contribution is -0.150. The minimum atomic E-state index is -0.764. The standard InChI is InChI=1S/C17H22N2O4/c1-3-19-8-6-17(7-9-19)14(12(2)16(21)23-17)15(20)18-11-13-5-4-10-22-13/h4-5,10H,3,6-9,11H2,1-2H3,(H,18,20). The maximum Gasteiger partial charge on any atom is 0.335 e. The Morgan fingerprint density at radius 1 is 1.39 bits per heavy atom. The zero-order valence-electron chi connectivity index (χ0n) is 13.6. The molecule has 0 atom stereocenters. The van der Waals surface area contributed by atoms with Crippen LogP contribution in [0.15, 0.2) is 34.0 Å². The summed E-state index contributed by atoms with van der Waals surface area (Å²) in [5.41, 5.74) is 0.150. The monoisotopic (exact) mass is 318 g/mol. The SMILES string of the molecule is CCN1CCC2(CC1)OC(=O)C(C)=C2C(=O)NCc1ccco1. The van der Waals surface area contributed by atoms with Crippen molar-refractivity contribution in [2.75, 3.05) is 19.6 Å². The quantitative estimate of drug-likeness (QED) is 0.854. The van der Waals surface area contributed by atoms with Crippen LogP contribution >= 0.6 is 0 Å². The van der Waals surface area contributed by atoms with Crippen molar-refractivity contribution >= 4 is 11.9 Å². The van der Waals surface area contributed by atoms with E-state index in [0.717, 1.165) is 19.6 Å². The van der Waals surface area contributed by atoms with E-state index in [0.29, 0.717) is 36.3 Å². The van der Waals surface area contributed by atoms with Crippen molar-refractivity contribution in [2.45, 2.75) is 38.8 Å². The van der Waals surface area contributed by atoms with Gasteiger partial charge in [-0.2, -0.15) is 0 Å². The molecule has 1 saturated heterocycles. The van der Waals surface area contributed by atoms with E-state index < -0.39 is 5.60 Å². The first kappa shape index (κ1) is 15.8. The molecule has 1 aromatic heterocycles. The van der Waals surface area contributed by atoms with Crippen molar-refractivity contribution in [3.8, 4) is 0 Å². The number of nitrogens with zero attached hydrogens (tertiary/aromatic N) is 1. The zero-order chi connectivity index (χ0) is 16.4. The Balaban J connectivity index is 1.76. The van der Waals surface area contributed by atoms with Crippen molar-refractivity contribution in [1.82, 2.24) is 10.2 Å². The van der Waals surface area contributed by atoms with Gasteiger partial charge in [-0.25, -0.2) is 4.79 Å². The highest BCUT2D eigenvalue weighted by atomic mass is 16.6. The normalized spacial score (nSPS) is 20.9. The van der Waals surface area contributed by atoms with Gasteiger partial charge in [0, 0.05) is 31.5 Å². The lowest BCUT2D eigenvalue weighted by Crippen LogP contribution is -2.48. The van der Waals surface area contributed by atoms with Crippen LogP contribution in [-0.2, 0) is 20.9 Å². The number of rotatable bonds is 4. The van der Waals surface area contributed by atoms with Gasteiger partial charge < -0.3 is 19.4 Å². The zero-order valence-corrected chi connectivity index (χ0v) is 13.6. The van der Waals surface area contributed by atoms with E-state index in [1.165, 1.54) is 0 Å². The fourth-order valence-electron chi connectivity index (χ4n) is 3.38. The number of hydrogen-bond donors (Lipinski definition) is 1. The first-order valence-corrected chi connectivity index (χ1v) is 8.03. The number of ether oxygens (including phenoxy) is 1. The molecule has 1 fully saturated rings. The van der Waals surface area contributed by atoms with Gasteiger partial charge in [-0.1, -0.05) is 6.92 Å². The maximum atomic E-state index is 12.7. The number of amides is 1. The van der Waals surface area contributed by atoms with E-state index in [2.05, 4.69) is 17.1 Å². The molecule has 124 valence electrons. The molecular weight excluding hydrogens is 296 g/mol. The Morgan fingerprint density at radius 3 is 2.74 bits per heavy atom. The van der Waals surface area contributed by atoms with E-state index in [1.807, 2.05) is 0 Å². The second kappa shape index (κ2) is 6.20. The molecule has 1 aromatic rings. The molecule has 3 heterocycles. The summed E-state index contributed by atoms with van der Waals surface area (Å²) in [5.74, 6) is 0.0597. The van der Waals surface area contributed by atoms with Gasteiger partial charge in [-0.3, -0.25) is 4.79 Å². The first-order chi connectivity index (χ1) is 11.1. The first-order valence-electron chi connectivity index (χ1n) is 8.03. The van der Waals surface area contributed by atoms with Crippen LogP contribution in [0.1, 0.15) is 32.4 Å². The molecule has 0 aliphatic carbocycles. The second-order valence-electron chi connectivity index (χ2n) is 6.08. The van der Waals surface area contributed by atoms with Gasteiger partial charge >= 0.3 is 5.97 Å². The third-order valence-electron chi connectivity index (χ3n) is 4.77. The second-order valence-corrected chi connectivity index (χ2v) is 6.08. The molecule has 0 unspecified atom stereocenters. The molecule has 1 N–H and O–H groups in total. The minimum Gasteiger partial charge on any atom is -0.467 e. The average Bonchev–Trinajstić information content (AvgIpc) is 3.14. The molecular formula is C17H22N2O4. The van der Waals surface area contributed by atoms with Gasteiger partial charge in [0.15, 0.2) is 0 Å². The number of carbonyl (C=O) groups excluding carboxylic acids is 2. The van der Waals surface area contributed by atoms with Crippen LogP contribution in [0.3, 0.4) is 0 Å². The van der Waals surface area contributed by atoms with E-state index in [-0.39, 0.29) is 11.9 Å². The predicted octanol–water partition coefficient (Wildman–Crippen LogP) is 1.62. The van der Waals surface area contributed by atoms with Gasteiger partial charge in [0.05, 0.1) is 18.4 Å². The number of likely N-dealkylation sites (tertiary alicyclic amines) is 1. The highest BCUT2D eigenvalue weighted by Crippen LogP contribution is 2.41. The molecule has 2 aliphatic rings. The summed E-state index contributed by atoms with van der Waals surface area (Å²) in [6.07, 6.45) is 2.89. The predicted molar refractivity (Wildman–Crippen MR) is 83.4 cm³/mol. The molecule has 0 bridgehead atoms. The summed E-state index contributed by atoms with van der Waals surface area (Å²) in [5, 5.41) is 2.84. The summed E-state index contributed by atoms with van der Waals surface area (Å²) < 4.78 is 10.9. The van der Waals surface area contributed by atoms with Crippen LogP contribution in [0.25, 0.3) is 0 Å². The van der Waals surface area contributed by atoms with Crippen molar-refractivity contribution < 1.29 is 18.7 Å². The van der Waals surface area contributed by atoms with Crippen molar-refractivity contribution in [2.24, 2.45) is 0 Å². The lowest BCUT2D eigenvalue weighted by Gasteiger charge is -2.38. The molecule has 6 heteroatoms. The Bertz CT molecular complexity index is 625. The van der Waals surface area contributed by atoms with Crippen LogP contribution in [0.5, 0.6) is 0 Å². The third kappa shape index (κ3) is 2.91. The van der Waals surface area contributed by atoms with Crippen LogP contribution < -0.4 is 5.32 Å². The molecule has 0 saturated carbocycles. The van der Waals surface area contributed by atoms with Gasteiger partial charge in [0.2, 0.25) is 0 Å². The number of esters is 1. The van der Waals surface area contributed by atoms with E-state index >= 15 is 0 Å². The molecule has 3 rings (SSSR count). The Hall–Kier alpha value is -2.08. The van der Waals surface area contributed by atoms with Crippen LogP contribution in [0, 0.1) is 0 Å². The highest BCUT2D eigenvalue weighted by Gasteiger charge is 2.50. The van der Waals surface area contributed by atoms with Gasteiger partial charge in [0.1, 0.15) is 11.4 Å². The molecule has 23 heavy (non-hydrogen) atoms. The minimum absolute atomic E-state index is 0.241. The highest BCUT2D eigenvalue weighted by molar-refractivity contribution is 6.07. The maximum absolute atomic E-state index is 12.7. The van der Waals surface area contributed by atoms with Crippen LogP contribution in [-0.4, -0.2) is 42.0 Å². The van der Waals surface area contributed by atoms with Gasteiger partial charge in [-0.05, 0) is 25.6 Å². The Kier molecular flexibility index (Phi) is 4.26. The number of piperidine rings is 1. The lowest BCUT2D eigenvalue weighted by atomic mass is 9.82. The van der Waals surface area contributed by atoms with Crippen molar-refractivity contribution in [1.29, 1.82) is 0 Å². The fourth-order valence-corrected chi connectivity index (χ4v) is 3.38. The van der Waals surface area contributed by atoms with E-state index in [4.69, 9.17) is 9.15 Å². The Morgan fingerprint density at radius 2 is 2.13 bits per heavy atom. The summed E-state index contributed by atoms with van der Waals surface area (Å²) in [6, 6.07) is 3.57. The molecule has 1 amide bonds. The van der Waals surface area contributed by atoms with Crippen molar-refractivity contribution in [3.63, 3.8) is 0 Å². The number of carbonyl (C=O) groups is 2. The number of furan rings is 1. The van der Waals surface area contributed by atoms with Gasteiger partial charge in [0.25, 0.3) is 5.91 Å². The summed E-state index contributed by atoms with van der Waals surface area (Å²) in [6.45, 7) is 6.70.